The highest BCUT2D eigenvalue weighted by molar-refractivity contribution is 5.76. The lowest BCUT2D eigenvalue weighted by molar-refractivity contribution is -0.117. The first-order chi connectivity index (χ1) is 6.72. The summed E-state index contributed by atoms with van der Waals surface area (Å²) in [7, 11) is 0. The van der Waals surface area contributed by atoms with Crippen LogP contribution in [0.25, 0.3) is 6.08 Å². The van der Waals surface area contributed by atoms with Crippen molar-refractivity contribution in [2.45, 2.75) is 13.0 Å². The van der Waals surface area contributed by atoms with E-state index in [9.17, 15) is 4.79 Å². The van der Waals surface area contributed by atoms with Crippen molar-refractivity contribution < 1.29 is 9.90 Å². The van der Waals surface area contributed by atoms with Crippen molar-refractivity contribution in [3.63, 3.8) is 0 Å². The molecule has 0 aliphatic rings. The summed E-state index contributed by atoms with van der Waals surface area (Å²) in [6.45, 7) is -0.0156. The summed E-state index contributed by atoms with van der Waals surface area (Å²) in [6.07, 6.45) is 5.17. The molecule has 14 heavy (non-hydrogen) atoms. The molecular formula is C10H12N2O2. The summed E-state index contributed by atoms with van der Waals surface area (Å²) in [5.41, 5.74) is 6.46. The summed E-state index contributed by atoms with van der Waals surface area (Å²) in [5.74, 6) is -0.367. The highest BCUT2D eigenvalue weighted by atomic mass is 16.3. The van der Waals surface area contributed by atoms with Gasteiger partial charge < -0.3 is 10.8 Å². The van der Waals surface area contributed by atoms with E-state index in [1.807, 2.05) is 0 Å². The summed E-state index contributed by atoms with van der Waals surface area (Å²) >= 11 is 0. The van der Waals surface area contributed by atoms with Gasteiger partial charge in [-0.15, -0.1) is 0 Å². The number of nitrogens with two attached hydrogens (primary N) is 1. The van der Waals surface area contributed by atoms with Gasteiger partial charge in [0.15, 0.2) is 0 Å². The Kier molecular flexibility index (Phi) is 3.82. The topological polar surface area (TPSA) is 76.2 Å². The smallest absolute Gasteiger partial charge is 0.221 e. The molecule has 0 unspecified atom stereocenters. The van der Waals surface area contributed by atoms with Crippen molar-refractivity contribution in [2.24, 2.45) is 5.73 Å². The van der Waals surface area contributed by atoms with Crippen LogP contribution in [0.3, 0.4) is 0 Å². The quantitative estimate of drug-likeness (QED) is 0.727. The zero-order chi connectivity index (χ0) is 10.4. The predicted molar refractivity (Wildman–Crippen MR) is 53.0 cm³/mol. The fourth-order valence-corrected chi connectivity index (χ4v) is 0.924. The molecule has 4 nitrogen and oxygen atoms in total. The molecular weight excluding hydrogens is 180 g/mol. The molecule has 0 saturated carbocycles. The first-order valence-electron chi connectivity index (χ1n) is 4.23. The highest BCUT2D eigenvalue weighted by Crippen LogP contribution is 2.02. The highest BCUT2D eigenvalue weighted by Gasteiger charge is 1.91. The third kappa shape index (κ3) is 3.37. The Bertz CT molecular complexity index is 330. The molecule has 0 atom stereocenters. The standard InChI is InChI=1S/C10H12N2O2/c11-10(14)3-1-2-9-5-4-8(7-13)6-12-9/h1-2,4-6,13H,3,7H2,(H2,11,14). The number of rotatable bonds is 4. The minimum absolute atomic E-state index is 0.0156. The summed E-state index contributed by atoms with van der Waals surface area (Å²) in [6, 6.07) is 3.54. The van der Waals surface area contributed by atoms with Crippen molar-refractivity contribution in [3.8, 4) is 0 Å². The van der Waals surface area contributed by atoms with Crippen LogP contribution in [0, 0.1) is 0 Å². The van der Waals surface area contributed by atoms with Gasteiger partial charge in [0.05, 0.1) is 12.3 Å². The lowest BCUT2D eigenvalue weighted by Gasteiger charge is -1.95. The lowest BCUT2D eigenvalue weighted by Crippen LogP contribution is -2.07. The second kappa shape index (κ2) is 5.14. The first-order valence-corrected chi connectivity index (χ1v) is 4.23. The van der Waals surface area contributed by atoms with Crippen molar-refractivity contribution in [3.05, 3.63) is 35.7 Å². The van der Waals surface area contributed by atoms with E-state index >= 15 is 0 Å². The Morgan fingerprint density at radius 2 is 2.36 bits per heavy atom. The molecule has 1 amide bonds. The largest absolute Gasteiger partial charge is 0.392 e. The minimum atomic E-state index is -0.367. The van der Waals surface area contributed by atoms with Gasteiger partial charge in [-0.1, -0.05) is 12.1 Å². The molecule has 1 rings (SSSR count). The Morgan fingerprint density at radius 1 is 1.57 bits per heavy atom. The number of nitrogens with zero attached hydrogens (tertiary/aromatic N) is 1. The Balaban J connectivity index is 2.59. The van der Waals surface area contributed by atoms with E-state index in [0.29, 0.717) is 0 Å². The van der Waals surface area contributed by atoms with Crippen LogP contribution in [0.4, 0.5) is 0 Å². The van der Waals surface area contributed by atoms with Gasteiger partial charge in [-0.3, -0.25) is 9.78 Å². The number of carbonyl (C=O) groups is 1. The molecule has 0 aromatic carbocycles. The zero-order valence-electron chi connectivity index (χ0n) is 7.68. The minimum Gasteiger partial charge on any atom is -0.392 e. The molecule has 0 radical (unpaired) electrons. The molecule has 0 saturated heterocycles. The molecule has 0 aliphatic carbocycles. The van der Waals surface area contributed by atoms with E-state index < -0.39 is 0 Å². The van der Waals surface area contributed by atoms with Gasteiger partial charge in [-0.25, -0.2) is 0 Å². The van der Waals surface area contributed by atoms with E-state index in [-0.39, 0.29) is 18.9 Å². The molecule has 0 aliphatic heterocycles. The van der Waals surface area contributed by atoms with Crippen LogP contribution in [0.15, 0.2) is 24.4 Å². The van der Waals surface area contributed by atoms with Crippen LogP contribution in [-0.2, 0) is 11.4 Å². The SMILES string of the molecule is NC(=O)CC=Cc1ccc(CO)cn1. The number of carbonyl (C=O) groups excluding carboxylic acids is 1. The van der Waals surface area contributed by atoms with Gasteiger partial charge in [-0.05, 0) is 17.7 Å². The second-order valence-electron chi connectivity index (χ2n) is 2.82. The van der Waals surface area contributed by atoms with Crippen LogP contribution in [-0.4, -0.2) is 16.0 Å². The van der Waals surface area contributed by atoms with Gasteiger partial charge in [0.2, 0.25) is 5.91 Å². The molecule has 1 aromatic rings. The molecule has 3 N–H and O–H groups in total. The fraction of sp³-hybridized carbons (Fsp3) is 0.200. The van der Waals surface area contributed by atoms with Crippen molar-refractivity contribution in [1.82, 2.24) is 4.98 Å². The van der Waals surface area contributed by atoms with Gasteiger partial charge in [0, 0.05) is 12.6 Å². The Hall–Kier alpha value is -1.68. The van der Waals surface area contributed by atoms with E-state index in [2.05, 4.69) is 4.98 Å². The summed E-state index contributed by atoms with van der Waals surface area (Å²) < 4.78 is 0. The third-order valence-corrected chi connectivity index (χ3v) is 1.64. The zero-order valence-corrected chi connectivity index (χ0v) is 7.68. The summed E-state index contributed by atoms with van der Waals surface area (Å²) in [4.78, 5) is 14.5. The number of aliphatic hydroxyl groups excluding tert-OH is 1. The number of amides is 1. The number of primary amides is 1. The second-order valence-corrected chi connectivity index (χ2v) is 2.82. The molecule has 0 bridgehead atoms. The number of aliphatic hydroxyl groups is 1. The van der Waals surface area contributed by atoms with Crippen molar-refractivity contribution in [2.75, 3.05) is 0 Å². The molecule has 74 valence electrons. The van der Waals surface area contributed by atoms with Crippen molar-refractivity contribution >= 4 is 12.0 Å². The van der Waals surface area contributed by atoms with E-state index in [0.717, 1.165) is 11.3 Å². The van der Waals surface area contributed by atoms with Gasteiger partial charge in [0.1, 0.15) is 0 Å². The Morgan fingerprint density at radius 3 is 2.86 bits per heavy atom. The van der Waals surface area contributed by atoms with Crippen LogP contribution < -0.4 is 5.73 Å². The first kappa shape index (κ1) is 10.4. The number of hydrogen-bond acceptors (Lipinski definition) is 3. The monoisotopic (exact) mass is 192 g/mol. The fourth-order valence-electron chi connectivity index (χ4n) is 0.924. The van der Waals surface area contributed by atoms with Crippen molar-refractivity contribution in [1.29, 1.82) is 0 Å². The van der Waals surface area contributed by atoms with Crippen LogP contribution in [0.2, 0.25) is 0 Å². The maximum absolute atomic E-state index is 10.4. The van der Waals surface area contributed by atoms with Gasteiger partial charge >= 0.3 is 0 Å². The maximum Gasteiger partial charge on any atom is 0.221 e. The molecule has 1 aromatic heterocycles. The average molecular weight is 192 g/mol. The Labute approximate surface area is 82.1 Å². The van der Waals surface area contributed by atoms with E-state index in [1.54, 1.807) is 30.5 Å². The van der Waals surface area contributed by atoms with E-state index in [1.165, 1.54) is 0 Å². The van der Waals surface area contributed by atoms with Gasteiger partial charge in [0.25, 0.3) is 0 Å². The third-order valence-electron chi connectivity index (χ3n) is 1.64. The van der Waals surface area contributed by atoms with Crippen LogP contribution in [0.5, 0.6) is 0 Å². The molecule has 4 heteroatoms. The number of pyridine rings is 1. The molecule has 0 spiro atoms. The van der Waals surface area contributed by atoms with Gasteiger partial charge in [-0.2, -0.15) is 0 Å². The number of hydrogen-bond donors (Lipinski definition) is 2. The maximum atomic E-state index is 10.4. The summed E-state index contributed by atoms with van der Waals surface area (Å²) in [5, 5.41) is 8.76. The van der Waals surface area contributed by atoms with Crippen LogP contribution >= 0.6 is 0 Å². The predicted octanol–water partition coefficient (Wildman–Crippen LogP) is 0.462. The van der Waals surface area contributed by atoms with E-state index in [4.69, 9.17) is 10.8 Å². The normalized spacial score (nSPS) is 10.6. The average Bonchev–Trinajstić information content (AvgIpc) is 2.18. The molecule has 1 heterocycles. The lowest BCUT2D eigenvalue weighted by atomic mass is 10.2. The van der Waals surface area contributed by atoms with Crippen LogP contribution in [0.1, 0.15) is 17.7 Å². The number of aromatic nitrogens is 1. The molecule has 0 fully saturated rings.